The molecule has 0 aliphatic rings. The molecule has 0 rings (SSSR count). The summed E-state index contributed by atoms with van der Waals surface area (Å²) >= 11 is 0. The Morgan fingerprint density at radius 1 is 0.405 bits per heavy atom. The van der Waals surface area contributed by atoms with Gasteiger partial charge in [-0.2, -0.15) is 0 Å². The minimum atomic E-state index is -0.492. The molecule has 0 aromatic heterocycles. The number of carbonyl (C=O) groups excluding carboxylic acids is 4. The zero-order valence-electron chi connectivity index (χ0n) is 50.8. The molecule has 4 atom stereocenters. The van der Waals surface area contributed by atoms with Gasteiger partial charge in [-0.1, -0.05) is 233 Å². The van der Waals surface area contributed by atoms with Crippen LogP contribution >= 0.6 is 12.4 Å². The molecular formula is C60H127ClN4O9. The Hall–Kier alpha value is -2.03. The van der Waals surface area contributed by atoms with Gasteiger partial charge in [-0.25, -0.2) is 0 Å². The fourth-order valence-electron chi connectivity index (χ4n) is 7.06. The standard InChI is InChI=1S/2C16H33NO2.C14H29NO2.C11H24O.C3H7NO2.ClH/c2*1-5-6-7-8-9-10-11-12-13-14-19-16(18)15(2)17(3)4;1-3-4-5-6-7-8-9-10-11-12-17-14(16)13(2)15;1-2-3-4-5-6-7-8-9-10-11-12;1-3(4)6-2-5;/h2*15H,5-14H2,1-4H3;13H,3-12,15H2,1-2H3;12H,2-11H2,1H3;2-3H,4H2,1H3;1H. The highest BCUT2D eigenvalue weighted by Crippen LogP contribution is 2.13. The molecule has 74 heavy (non-hydrogen) atoms. The molecule has 0 aliphatic heterocycles. The zero-order chi connectivity index (χ0) is 56.0. The minimum Gasteiger partial charge on any atom is -0.465 e. The van der Waals surface area contributed by atoms with E-state index in [1.54, 1.807) is 13.8 Å². The topological polar surface area (TPSA) is 184 Å². The van der Waals surface area contributed by atoms with E-state index in [0.29, 0.717) is 32.9 Å². The molecule has 448 valence electrons. The zero-order valence-corrected chi connectivity index (χ0v) is 51.7. The first-order chi connectivity index (χ1) is 35.0. The summed E-state index contributed by atoms with van der Waals surface area (Å²) in [5, 5.41) is 8.54. The first-order valence-electron chi connectivity index (χ1n) is 30.1. The van der Waals surface area contributed by atoms with Gasteiger partial charge >= 0.3 is 17.9 Å². The van der Waals surface area contributed by atoms with E-state index in [9.17, 15) is 19.2 Å². The molecule has 0 saturated carbocycles. The minimum absolute atomic E-state index is 0. The monoisotopic (exact) mass is 1080 g/mol. The molecule has 0 aromatic rings. The van der Waals surface area contributed by atoms with E-state index in [2.05, 4.69) is 32.4 Å². The van der Waals surface area contributed by atoms with Crippen molar-refractivity contribution >= 4 is 36.8 Å². The van der Waals surface area contributed by atoms with E-state index in [1.165, 1.54) is 199 Å². The van der Waals surface area contributed by atoms with Crippen LogP contribution in [0, 0.1) is 0 Å². The summed E-state index contributed by atoms with van der Waals surface area (Å²) in [6, 6.07) is -0.773. The Bertz CT molecular complexity index is 1050. The van der Waals surface area contributed by atoms with Crippen molar-refractivity contribution in [1.82, 2.24) is 9.80 Å². The van der Waals surface area contributed by atoms with Crippen LogP contribution in [0.4, 0.5) is 0 Å². The summed E-state index contributed by atoms with van der Waals surface area (Å²) in [4.78, 5) is 47.2. The lowest BCUT2D eigenvalue weighted by Crippen LogP contribution is -2.34. The lowest BCUT2D eigenvalue weighted by Gasteiger charge is -2.17. The summed E-state index contributed by atoms with van der Waals surface area (Å²) in [7, 11) is 7.57. The van der Waals surface area contributed by atoms with Crippen molar-refractivity contribution in [2.75, 3.05) is 54.6 Å². The smallest absolute Gasteiger partial charge is 0.323 e. The number of ether oxygens (including phenoxy) is 4. The Kier molecular flexibility index (Phi) is 79.9. The molecule has 0 fully saturated rings. The molecule has 0 heterocycles. The molecule has 0 aliphatic carbocycles. The predicted octanol–water partition coefficient (Wildman–Crippen LogP) is 14.8. The van der Waals surface area contributed by atoms with Gasteiger partial charge in [0.25, 0.3) is 6.47 Å². The molecule has 0 aromatic carbocycles. The predicted molar refractivity (Wildman–Crippen MR) is 317 cm³/mol. The molecule has 4 unspecified atom stereocenters. The Balaban J connectivity index is -0.000000202. The summed E-state index contributed by atoms with van der Waals surface area (Å²) in [6.45, 7) is 18.3. The van der Waals surface area contributed by atoms with Crippen LogP contribution in [0.25, 0.3) is 0 Å². The number of aliphatic hydroxyl groups excluding tert-OH is 1. The first-order valence-corrected chi connectivity index (χ1v) is 30.1. The highest BCUT2D eigenvalue weighted by molar-refractivity contribution is 5.85. The number of hydrogen-bond acceptors (Lipinski definition) is 13. The van der Waals surface area contributed by atoms with Gasteiger partial charge in [0.2, 0.25) is 0 Å². The van der Waals surface area contributed by atoms with Gasteiger partial charge in [-0.15, -0.1) is 12.4 Å². The first kappa shape index (κ1) is 83.3. The van der Waals surface area contributed by atoms with Crippen LogP contribution in [0.3, 0.4) is 0 Å². The van der Waals surface area contributed by atoms with E-state index in [1.807, 2.05) is 51.8 Å². The van der Waals surface area contributed by atoms with Crippen molar-refractivity contribution < 1.29 is 43.2 Å². The van der Waals surface area contributed by atoms with Gasteiger partial charge in [-0.05, 0) is 81.6 Å². The second-order valence-electron chi connectivity index (χ2n) is 20.5. The van der Waals surface area contributed by atoms with Crippen LogP contribution in [-0.4, -0.2) is 118 Å². The summed E-state index contributed by atoms with van der Waals surface area (Å²) in [5.74, 6) is -0.501. The fraction of sp³-hybridized carbons (Fsp3) is 0.933. The van der Waals surface area contributed by atoms with E-state index in [4.69, 9.17) is 30.8 Å². The molecule has 0 radical (unpaired) electrons. The Labute approximate surface area is 465 Å². The van der Waals surface area contributed by atoms with Gasteiger partial charge in [0.1, 0.15) is 24.4 Å². The molecule has 0 amide bonds. The average molecular weight is 1080 g/mol. The van der Waals surface area contributed by atoms with E-state index in [0.717, 1.165) is 32.1 Å². The number of halogens is 1. The highest BCUT2D eigenvalue weighted by atomic mass is 35.5. The molecule has 0 saturated heterocycles. The Morgan fingerprint density at radius 3 is 0.797 bits per heavy atom. The average Bonchev–Trinajstić information content (AvgIpc) is 3.36. The molecule has 14 heteroatoms. The van der Waals surface area contributed by atoms with Crippen LogP contribution in [0.1, 0.15) is 287 Å². The summed E-state index contributed by atoms with van der Waals surface area (Å²) in [5.41, 5.74) is 10.3. The molecule has 13 nitrogen and oxygen atoms in total. The number of rotatable bonds is 46. The van der Waals surface area contributed by atoms with Crippen molar-refractivity contribution in [3.05, 3.63) is 0 Å². The molecule has 0 bridgehead atoms. The van der Waals surface area contributed by atoms with Gasteiger partial charge in [0.15, 0.2) is 0 Å². The van der Waals surface area contributed by atoms with Crippen LogP contribution in [0.15, 0.2) is 0 Å². The molecule has 0 spiro atoms. The van der Waals surface area contributed by atoms with E-state index < -0.39 is 12.3 Å². The third-order valence-electron chi connectivity index (χ3n) is 12.6. The third kappa shape index (κ3) is 76.5. The normalized spacial score (nSPS) is 12.1. The van der Waals surface area contributed by atoms with Crippen LogP contribution < -0.4 is 11.5 Å². The van der Waals surface area contributed by atoms with Crippen LogP contribution in [0.2, 0.25) is 0 Å². The van der Waals surface area contributed by atoms with Crippen molar-refractivity contribution in [2.24, 2.45) is 11.5 Å². The number of esters is 3. The SMILES string of the molecule is CC(N)OC=O.CCCCCCCCCCCO.CCCCCCCCCCCOC(=O)C(C)N.CCCCCCCCCCCOC(=O)C(C)N(C)C.CCCCCCCCCCCOC(=O)C(C)N(C)C.Cl. The van der Waals surface area contributed by atoms with Crippen LogP contribution in [0.5, 0.6) is 0 Å². The lowest BCUT2D eigenvalue weighted by atomic mass is 10.1. The van der Waals surface area contributed by atoms with Gasteiger partial charge < -0.3 is 29.8 Å². The maximum absolute atomic E-state index is 11.6. The second-order valence-corrected chi connectivity index (χ2v) is 20.5. The van der Waals surface area contributed by atoms with Gasteiger partial charge in [-0.3, -0.25) is 34.7 Å². The number of aliphatic hydroxyl groups is 1. The van der Waals surface area contributed by atoms with Crippen molar-refractivity contribution in [3.8, 4) is 0 Å². The van der Waals surface area contributed by atoms with Gasteiger partial charge in [0.05, 0.1) is 19.8 Å². The van der Waals surface area contributed by atoms with Crippen molar-refractivity contribution in [1.29, 1.82) is 0 Å². The second kappa shape index (κ2) is 71.0. The highest BCUT2D eigenvalue weighted by Gasteiger charge is 2.16. The van der Waals surface area contributed by atoms with Crippen molar-refractivity contribution in [2.45, 2.75) is 311 Å². The number of hydrogen-bond donors (Lipinski definition) is 3. The van der Waals surface area contributed by atoms with E-state index >= 15 is 0 Å². The fourth-order valence-corrected chi connectivity index (χ4v) is 7.06. The van der Waals surface area contributed by atoms with Crippen molar-refractivity contribution in [3.63, 3.8) is 0 Å². The molecular weight excluding hydrogens is 956 g/mol. The maximum Gasteiger partial charge on any atom is 0.323 e. The maximum atomic E-state index is 11.6. The quantitative estimate of drug-likeness (QED) is 0.0172. The Morgan fingerprint density at radius 2 is 0.622 bits per heavy atom. The third-order valence-corrected chi connectivity index (χ3v) is 12.6. The lowest BCUT2D eigenvalue weighted by molar-refractivity contribution is -0.149. The number of likely N-dealkylation sites (N-methyl/N-ethyl adjacent to an activating group) is 2. The summed E-state index contributed by atoms with van der Waals surface area (Å²) < 4.78 is 19.6. The van der Waals surface area contributed by atoms with Crippen LogP contribution in [-0.2, 0) is 38.1 Å². The number of carbonyl (C=O) groups is 4. The van der Waals surface area contributed by atoms with Gasteiger partial charge in [0, 0.05) is 6.61 Å². The molecule has 5 N–H and O–H groups in total. The summed E-state index contributed by atoms with van der Waals surface area (Å²) in [6.07, 6.45) is 46.0. The largest absolute Gasteiger partial charge is 0.465 e. The van der Waals surface area contributed by atoms with E-state index in [-0.39, 0.29) is 42.4 Å². The number of nitrogens with two attached hydrogens (primary N) is 2. The number of nitrogens with zero attached hydrogens (tertiary/aromatic N) is 2. The number of unbranched alkanes of at least 4 members (excludes halogenated alkanes) is 32.